The van der Waals surface area contributed by atoms with Gasteiger partial charge in [-0.3, -0.25) is 9.88 Å². The molecule has 2 aromatic heterocycles. The topological polar surface area (TPSA) is 29.0 Å². The molecule has 1 unspecified atom stereocenters. The number of hydrogen-bond donors (Lipinski definition) is 0. The number of rotatable bonds is 5. The lowest BCUT2D eigenvalue weighted by Crippen LogP contribution is -2.22. The minimum absolute atomic E-state index is 0.272. The first-order valence-electron chi connectivity index (χ1n) is 5.81. The molecule has 0 spiro atoms. The molecule has 3 nitrogen and oxygen atoms in total. The van der Waals surface area contributed by atoms with Crippen molar-refractivity contribution in [1.82, 2.24) is 14.9 Å². The number of aromatic nitrogens is 2. The van der Waals surface area contributed by atoms with Crippen LogP contribution in [-0.2, 0) is 12.4 Å². The van der Waals surface area contributed by atoms with Gasteiger partial charge in [0.1, 0.15) is 5.01 Å². The maximum atomic E-state index is 5.77. The normalized spacial score (nSPS) is 12.9. The molecule has 0 aliphatic rings. The summed E-state index contributed by atoms with van der Waals surface area (Å²) in [6, 6.07) is 6.25. The number of halogens is 1. The molecule has 5 heteroatoms. The standard InChI is InChI=1S/C13H16ClN3S/c1-10(13-16-12(7-14)9-18-13)17(2)8-11-5-3-4-6-15-11/h3-6,9-10H,7-8H2,1-2H3. The number of pyridine rings is 1. The summed E-state index contributed by atoms with van der Waals surface area (Å²) in [7, 11) is 2.08. The molecule has 0 saturated heterocycles. The Balaban J connectivity index is 2.02. The fraction of sp³-hybridized carbons (Fsp3) is 0.385. The van der Waals surface area contributed by atoms with Gasteiger partial charge in [0.25, 0.3) is 0 Å². The zero-order valence-electron chi connectivity index (χ0n) is 10.5. The summed E-state index contributed by atoms with van der Waals surface area (Å²) in [5.41, 5.74) is 2.02. The number of hydrogen-bond acceptors (Lipinski definition) is 4. The van der Waals surface area contributed by atoms with E-state index >= 15 is 0 Å². The second-order valence-electron chi connectivity index (χ2n) is 4.22. The van der Waals surface area contributed by atoms with E-state index in [1.807, 2.05) is 29.8 Å². The van der Waals surface area contributed by atoms with Crippen LogP contribution in [-0.4, -0.2) is 21.9 Å². The van der Waals surface area contributed by atoms with E-state index in [1.165, 1.54) is 0 Å². The highest BCUT2D eigenvalue weighted by molar-refractivity contribution is 7.09. The molecule has 0 aliphatic heterocycles. The lowest BCUT2D eigenvalue weighted by molar-refractivity contribution is 0.249. The van der Waals surface area contributed by atoms with Crippen LogP contribution in [0.15, 0.2) is 29.8 Å². The van der Waals surface area contributed by atoms with Crippen LogP contribution in [0.5, 0.6) is 0 Å². The van der Waals surface area contributed by atoms with Gasteiger partial charge in [0.2, 0.25) is 0 Å². The van der Waals surface area contributed by atoms with Crippen LogP contribution in [0.4, 0.5) is 0 Å². The monoisotopic (exact) mass is 281 g/mol. The molecule has 0 amide bonds. The molecule has 0 fully saturated rings. The average Bonchev–Trinajstić information content (AvgIpc) is 2.87. The molecule has 0 aliphatic carbocycles. The van der Waals surface area contributed by atoms with Crippen LogP contribution in [0.3, 0.4) is 0 Å². The van der Waals surface area contributed by atoms with Gasteiger partial charge in [-0.05, 0) is 26.1 Å². The zero-order valence-corrected chi connectivity index (χ0v) is 12.1. The molecule has 18 heavy (non-hydrogen) atoms. The van der Waals surface area contributed by atoms with Gasteiger partial charge >= 0.3 is 0 Å². The summed E-state index contributed by atoms with van der Waals surface area (Å²) < 4.78 is 0. The van der Waals surface area contributed by atoms with E-state index in [9.17, 15) is 0 Å². The molecule has 1 atom stereocenters. The van der Waals surface area contributed by atoms with Crippen molar-refractivity contribution in [3.63, 3.8) is 0 Å². The van der Waals surface area contributed by atoms with Crippen molar-refractivity contribution in [2.24, 2.45) is 0 Å². The Labute approximate surface area is 116 Å². The Morgan fingerprint density at radius 3 is 2.83 bits per heavy atom. The molecule has 0 radical (unpaired) electrons. The molecule has 2 aromatic rings. The van der Waals surface area contributed by atoms with Crippen molar-refractivity contribution in [2.45, 2.75) is 25.4 Å². The van der Waals surface area contributed by atoms with Crippen LogP contribution < -0.4 is 0 Å². The van der Waals surface area contributed by atoms with Crippen LogP contribution in [0.25, 0.3) is 0 Å². The summed E-state index contributed by atoms with van der Waals surface area (Å²) >= 11 is 7.44. The van der Waals surface area contributed by atoms with Crippen molar-refractivity contribution in [2.75, 3.05) is 7.05 Å². The first kappa shape index (κ1) is 13.5. The first-order chi connectivity index (χ1) is 8.70. The van der Waals surface area contributed by atoms with Gasteiger partial charge in [0.15, 0.2) is 0 Å². The molecular weight excluding hydrogens is 266 g/mol. The highest BCUT2D eigenvalue weighted by atomic mass is 35.5. The van der Waals surface area contributed by atoms with E-state index in [2.05, 4.69) is 28.8 Å². The van der Waals surface area contributed by atoms with Crippen molar-refractivity contribution in [3.05, 3.63) is 46.2 Å². The lowest BCUT2D eigenvalue weighted by Gasteiger charge is -2.22. The van der Waals surface area contributed by atoms with Gasteiger partial charge in [-0.15, -0.1) is 22.9 Å². The maximum absolute atomic E-state index is 5.77. The van der Waals surface area contributed by atoms with Crippen LogP contribution >= 0.6 is 22.9 Å². The highest BCUT2D eigenvalue weighted by Crippen LogP contribution is 2.24. The average molecular weight is 282 g/mol. The van der Waals surface area contributed by atoms with Crippen LogP contribution in [0.1, 0.15) is 29.4 Å². The van der Waals surface area contributed by atoms with Gasteiger partial charge in [0, 0.05) is 18.1 Å². The lowest BCUT2D eigenvalue weighted by atomic mass is 10.2. The predicted molar refractivity (Wildman–Crippen MR) is 75.8 cm³/mol. The minimum atomic E-state index is 0.272. The fourth-order valence-electron chi connectivity index (χ4n) is 1.65. The van der Waals surface area contributed by atoms with E-state index in [1.54, 1.807) is 11.3 Å². The Kier molecular flexibility index (Phi) is 4.69. The third-order valence-electron chi connectivity index (χ3n) is 2.86. The maximum Gasteiger partial charge on any atom is 0.110 e. The molecule has 96 valence electrons. The smallest absolute Gasteiger partial charge is 0.110 e. The summed E-state index contributed by atoms with van der Waals surface area (Å²) in [5, 5.41) is 3.12. The van der Waals surface area contributed by atoms with E-state index < -0.39 is 0 Å². The summed E-state index contributed by atoms with van der Waals surface area (Å²) in [6.07, 6.45) is 1.82. The molecule has 0 saturated carbocycles. The quantitative estimate of drug-likeness (QED) is 0.786. The minimum Gasteiger partial charge on any atom is -0.291 e. The fourth-order valence-corrected chi connectivity index (χ4v) is 2.82. The van der Waals surface area contributed by atoms with Gasteiger partial charge in [-0.2, -0.15) is 0 Å². The molecule has 2 rings (SSSR count). The molecule has 0 bridgehead atoms. The van der Waals surface area contributed by atoms with E-state index in [0.717, 1.165) is 22.9 Å². The second kappa shape index (κ2) is 6.27. The van der Waals surface area contributed by atoms with Gasteiger partial charge < -0.3 is 0 Å². The molecular formula is C13H16ClN3S. The first-order valence-corrected chi connectivity index (χ1v) is 7.22. The number of alkyl halides is 1. The van der Waals surface area contributed by atoms with E-state index in [0.29, 0.717) is 5.88 Å². The van der Waals surface area contributed by atoms with Crippen molar-refractivity contribution >= 4 is 22.9 Å². The van der Waals surface area contributed by atoms with Gasteiger partial charge in [0.05, 0.1) is 23.3 Å². The van der Waals surface area contributed by atoms with Gasteiger partial charge in [-0.25, -0.2) is 4.98 Å². The van der Waals surface area contributed by atoms with Crippen LogP contribution in [0, 0.1) is 0 Å². The summed E-state index contributed by atoms with van der Waals surface area (Å²) in [6.45, 7) is 2.97. The highest BCUT2D eigenvalue weighted by Gasteiger charge is 2.15. The van der Waals surface area contributed by atoms with Crippen molar-refractivity contribution in [3.8, 4) is 0 Å². The molecule has 2 heterocycles. The van der Waals surface area contributed by atoms with Gasteiger partial charge in [-0.1, -0.05) is 6.07 Å². The van der Waals surface area contributed by atoms with E-state index in [-0.39, 0.29) is 6.04 Å². The van der Waals surface area contributed by atoms with E-state index in [4.69, 9.17) is 11.6 Å². The Morgan fingerprint density at radius 1 is 1.39 bits per heavy atom. The third-order valence-corrected chi connectivity index (χ3v) is 4.20. The largest absolute Gasteiger partial charge is 0.291 e. The number of thiazole rings is 1. The summed E-state index contributed by atoms with van der Waals surface area (Å²) in [4.78, 5) is 11.1. The predicted octanol–water partition coefficient (Wildman–Crippen LogP) is 3.47. The molecule has 0 N–H and O–H groups in total. The zero-order chi connectivity index (χ0) is 13.0. The SMILES string of the molecule is CC(c1nc(CCl)cs1)N(C)Cc1ccccn1. The van der Waals surface area contributed by atoms with Crippen LogP contribution in [0.2, 0.25) is 0 Å². The third kappa shape index (κ3) is 3.28. The number of nitrogens with zero attached hydrogens (tertiary/aromatic N) is 3. The Morgan fingerprint density at radius 2 is 2.22 bits per heavy atom. The second-order valence-corrected chi connectivity index (χ2v) is 5.38. The van der Waals surface area contributed by atoms with Crippen molar-refractivity contribution < 1.29 is 0 Å². The molecule has 0 aromatic carbocycles. The Bertz CT molecular complexity index is 486. The van der Waals surface area contributed by atoms with Crippen molar-refractivity contribution in [1.29, 1.82) is 0 Å². The summed E-state index contributed by atoms with van der Waals surface area (Å²) in [5.74, 6) is 0.479. The Hall–Kier alpha value is -0.970.